The van der Waals surface area contributed by atoms with Crippen molar-refractivity contribution in [1.29, 1.82) is 0 Å². The lowest BCUT2D eigenvalue weighted by atomic mass is 9.91. The zero-order valence-corrected chi connectivity index (χ0v) is 14.5. The van der Waals surface area contributed by atoms with E-state index in [4.69, 9.17) is 0 Å². The van der Waals surface area contributed by atoms with E-state index in [-0.39, 0.29) is 11.6 Å². The lowest BCUT2D eigenvalue weighted by Crippen LogP contribution is -2.35. The average molecular weight is 344 g/mol. The first-order valence-electron chi connectivity index (χ1n) is 8.89. The maximum Gasteiger partial charge on any atom is 0.231 e. The van der Waals surface area contributed by atoms with E-state index in [1.807, 2.05) is 12.1 Å². The van der Waals surface area contributed by atoms with Gasteiger partial charge in [-0.2, -0.15) is 0 Å². The first-order valence-corrected chi connectivity index (χ1v) is 8.89. The number of carbonyl (C=O) groups is 1. The molecule has 1 saturated heterocycles. The van der Waals surface area contributed by atoms with E-state index in [9.17, 15) is 4.79 Å². The predicted molar refractivity (Wildman–Crippen MR) is 100 cm³/mol. The molecule has 5 nitrogen and oxygen atoms in total. The summed E-state index contributed by atoms with van der Waals surface area (Å²) in [7, 11) is 0. The smallest absolute Gasteiger partial charge is 0.231 e. The van der Waals surface area contributed by atoms with Crippen molar-refractivity contribution in [3.05, 3.63) is 84.1 Å². The molecule has 26 heavy (non-hydrogen) atoms. The van der Waals surface area contributed by atoms with Gasteiger partial charge in [0.25, 0.3) is 0 Å². The van der Waals surface area contributed by atoms with Gasteiger partial charge in [-0.1, -0.05) is 30.3 Å². The summed E-state index contributed by atoms with van der Waals surface area (Å²) in [6.07, 6.45) is 7.14. The van der Waals surface area contributed by atoms with Crippen LogP contribution in [-0.4, -0.2) is 33.8 Å². The van der Waals surface area contributed by atoms with Crippen molar-refractivity contribution < 1.29 is 4.79 Å². The van der Waals surface area contributed by atoms with Crippen molar-refractivity contribution in [3.8, 4) is 0 Å². The monoisotopic (exact) mass is 344 g/mol. The molecule has 0 radical (unpaired) electrons. The van der Waals surface area contributed by atoms with Crippen LogP contribution in [0.15, 0.2) is 67.1 Å². The van der Waals surface area contributed by atoms with Gasteiger partial charge < -0.3 is 4.90 Å². The highest BCUT2D eigenvalue weighted by atomic mass is 16.1. The topological polar surface area (TPSA) is 59.0 Å². The highest BCUT2D eigenvalue weighted by molar-refractivity contribution is 6.06. The first-order chi connectivity index (χ1) is 12.8. The predicted octanol–water partition coefficient (Wildman–Crippen LogP) is 3.49. The van der Waals surface area contributed by atoms with Gasteiger partial charge in [-0.3, -0.25) is 9.78 Å². The van der Waals surface area contributed by atoms with Crippen LogP contribution in [0, 0.1) is 0 Å². The molecule has 5 heteroatoms. The summed E-state index contributed by atoms with van der Waals surface area (Å²) in [5.74, 6) is 1.32. The normalized spacial score (nSPS) is 17.1. The van der Waals surface area contributed by atoms with Crippen LogP contribution >= 0.6 is 0 Å². The fourth-order valence-corrected chi connectivity index (χ4v) is 3.44. The summed E-state index contributed by atoms with van der Waals surface area (Å²) in [4.78, 5) is 27.5. The fourth-order valence-electron chi connectivity index (χ4n) is 3.44. The van der Waals surface area contributed by atoms with Crippen LogP contribution in [-0.2, 0) is 0 Å². The SMILES string of the molecule is O=C(c1cccnc1)c1nccc(N2CCCC(c3ccccc3)C2)n1. The Morgan fingerprint density at radius 2 is 1.92 bits per heavy atom. The summed E-state index contributed by atoms with van der Waals surface area (Å²) in [5.41, 5.74) is 1.86. The van der Waals surface area contributed by atoms with E-state index in [0.29, 0.717) is 11.5 Å². The molecule has 1 atom stereocenters. The average Bonchev–Trinajstić information content (AvgIpc) is 2.75. The zero-order chi connectivity index (χ0) is 17.8. The Morgan fingerprint density at radius 1 is 1.04 bits per heavy atom. The molecule has 0 aliphatic carbocycles. The molecule has 1 aromatic carbocycles. The Morgan fingerprint density at radius 3 is 2.73 bits per heavy atom. The van der Waals surface area contributed by atoms with Gasteiger partial charge in [0.1, 0.15) is 5.82 Å². The number of rotatable bonds is 4. The summed E-state index contributed by atoms with van der Waals surface area (Å²) >= 11 is 0. The molecule has 1 aliphatic rings. The van der Waals surface area contributed by atoms with Gasteiger partial charge >= 0.3 is 0 Å². The Balaban J connectivity index is 1.55. The third-order valence-electron chi connectivity index (χ3n) is 4.78. The number of hydrogen-bond donors (Lipinski definition) is 0. The molecule has 3 aromatic rings. The molecule has 1 fully saturated rings. The van der Waals surface area contributed by atoms with E-state index in [1.165, 1.54) is 12.0 Å². The quantitative estimate of drug-likeness (QED) is 0.678. The number of piperidine rings is 1. The van der Waals surface area contributed by atoms with Crippen molar-refractivity contribution in [3.63, 3.8) is 0 Å². The van der Waals surface area contributed by atoms with Crippen LogP contribution in [0.1, 0.15) is 40.5 Å². The fraction of sp³-hybridized carbons (Fsp3) is 0.238. The van der Waals surface area contributed by atoms with Crippen molar-refractivity contribution in [2.45, 2.75) is 18.8 Å². The largest absolute Gasteiger partial charge is 0.356 e. The van der Waals surface area contributed by atoms with E-state index >= 15 is 0 Å². The standard InChI is InChI=1S/C21H20N4O/c26-20(17-8-4-11-22-14-17)21-23-12-10-19(24-21)25-13-5-9-18(15-25)16-6-2-1-3-7-16/h1-4,6-8,10-12,14,18H,5,9,13,15H2. The molecular weight excluding hydrogens is 324 g/mol. The second-order valence-corrected chi connectivity index (χ2v) is 6.51. The number of pyridine rings is 1. The minimum Gasteiger partial charge on any atom is -0.356 e. The number of benzene rings is 1. The summed E-state index contributed by atoms with van der Waals surface area (Å²) in [6, 6.07) is 16.0. The molecule has 4 rings (SSSR count). The molecular formula is C21H20N4O. The van der Waals surface area contributed by atoms with Crippen LogP contribution in [0.25, 0.3) is 0 Å². The third-order valence-corrected chi connectivity index (χ3v) is 4.78. The number of nitrogens with zero attached hydrogens (tertiary/aromatic N) is 4. The van der Waals surface area contributed by atoms with Crippen molar-refractivity contribution >= 4 is 11.6 Å². The van der Waals surface area contributed by atoms with E-state index in [0.717, 1.165) is 25.3 Å². The molecule has 0 amide bonds. The van der Waals surface area contributed by atoms with Crippen molar-refractivity contribution in [1.82, 2.24) is 15.0 Å². The summed E-state index contributed by atoms with van der Waals surface area (Å²) in [5, 5.41) is 0. The number of hydrogen-bond acceptors (Lipinski definition) is 5. The molecule has 0 spiro atoms. The molecule has 1 aliphatic heterocycles. The first kappa shape index (κ1) is 16.4. The third kappa shape index (κ3) is 3.47. The van der Waals surface area contributed by atoms with Crippen LogP contribution in [0.4, 0.5) is 5.82 Å². The zero-order valence-electron chi connectivity index (χ0n) is 14.5. The van der Waals surface area contributed by atoms with Crippen molar-refractivity contribution in [2.24, 2.45) is 0 Å². The minimum absolute atomic E-state index is 0.198. The Kier molecular flexibility index (Phi) is 4.69. The Bertz CT molecular complexity index is 883. The van der Waals surface area contributed by atoms with Crippen LogP contribution in [0.2, 0.25) is 0 Å². The van der Waals surface area contributed by atoms with E-state index < -0.39 is 0 Å². The maximum atomic E-state index is 12.6. The number of aromatic nitrogens is 3. The molecule has 130 valence electrons. The van der Waals surface area contributed by atoms with Gasteiger partial charge in [0.05, 0.1) is 0 Å². The molecule has 3 heterocycles. The van der Waals surface area contributed by atoms with E-state index in [1.54, 1.807) is 30.7 Å². The second kappa shape index (κ2) is 7.44. The lowest BCUT2D eigenvalue weighted by Gasteiger charge is -2.33. The highest BCUT2D eigenvalue weighted by Gasteiger charge is 2.23. The number of ketones is 1. The summed E-state index contributed by atoms with van der Waals surface area (Å²) in [6.45, 7) is 1.85. The Labute approximate surface area is 152 Å². The minimum atomic E-state index is -0.198. The van der Waals surface area contributed by atoms with Crippen LogP contribution < -0.4 is 4.90 Å². The number of anilines is 1. The molecule has 0 N–H and O–H groups in total. The van der Waals surface area contributed by atoms with Gasteiger partial charge in [0, 0.05) is 43.2 Å². The van der Waals surface area contributed by atoms with Gasteiger partial charge in [0.2, 0.25) is 11.6 Å². The lowest BCUT2D eigenvalue weighted by molar-refractivity contribution is 0.102. The molecule has 0 bridgehead atoms. The number of carbonyl (C=O) groups excluding carboxylic acids is 1. The highest BCUT2D eigenvalue weighted by Crippen LogP contribution is 2.29. The van der Waals surface area contributed by atoms with E-state index in [2.05, 4.69) is 44.1 Å². The second-order valence-electron chi connectivity index (χ2n) is 6.51. The van der Waals surface area contributed by atoms with Crippen LogP contribution in [0.3, 0.4) is 0 Å². The van der Waals surface area contributed by atoms with Gasteiger partial charge in [-0.15, -0.1) is 0 Å². The molecule has 2 aromatic heterocycles. The molecule has 0 saturated carbocycles. The van der Waals surface area contributed by atoms with Crippen molar-refractivity contribution in [2.75, 3.05) is 18.0 Å². The Hall–Kier alpha value is -3.08. The molecule has 1 unspecified atom stereocenters. The van der Waals surface area contributed by atoms with Gasteiger partial charge in [-0.05, 0) is 36.6 Å². The van der Waals surface area contributed by atoms with Gasteiger partial charge in [-0.25, -0.2) is 9.97 Å². The van der Waals surface area contributed by atoms with Crippen LogP contribution in [0.5, 0.6) is 0 Å². The maximum absolute atomic E-state index is 12.6. The van der Waals surface area contributed by atoms with Gasteiger partial charge in [0.15, 0.2) is 0 Å². The summed E-state index contributed by atoms with van der Waals surface area (Å²) < 4.78 is 0.